The topological polar surface area (TPSA) is 38.0 Å². The van der Waals surface area contributed by atoms with Gasteiger partial charge in [0.1, 0.15) is 0 Å². The summed E-state index contributed by atoms with van der Waals surface area (Å²) in [6, 6.07) is 0. The first kappa shape index (κ1) is 12.0. The van der Waals surface area contributed by atoms with E-state index in [0.717, 1.165) is 6.20 Å². The van der Waals surface area contributed by atoms with Crippen LogP contribution in [0.3, 0.4) is 0 Å². The number of halogens is 3. The fourth-order valence-corrected chi connectivity index (χ4v) is 1.18. The standard InChI is InChI=1S/C9H13F3N2O/c1-6(2)4-14-5-7(3-13-14)8(15)9(10,11)12/h3,5-6,8,15H,4H2,1-2H3/t8-/m0/s1. The van der Waals surface area contributed by atoms with E-state index in [9.17, 15) is 13.2 Å². The summed E-state index contributed by atoms with van der Waals surface area (Å²) in [6.45, 7) is 4.40. The van der Waals surface area contributed by atoms with Crippen molar-refractivity contribution in [3.8, 4) is 0 Å². The average Bonchev–Trinajstić information content (AvgIpc) is 2.48. The maximum atomic E-state index is 12.1. The lowest BCUT2D eigenvalue weighted by Crippen LogP contribution is -2.19. The Labute approximate surface area is 85.5 Å². The van der Waals surface area contributed by atoms with Crippen LogP contribution in [-0.2, 0) is 6.54 Å². The average molecular weight is 222 g/mol. The predicted molar refractivity (Wildman–Crippen MR) is 48.1 cm³/mol. The maximum Gasteiger partial charge on any atom is 0.418 e. The van der Waals surface area contributed by atoms with Crippen LogP contribution in [0.2, 0.25) is 0 Å². The van der Waals surface area contributed by atoms with Crippen LogP contribution in [0.15, 0.2) is 12.4 Å². The highest BCUT2D eigenvalue weighted by Crippen LogP contribution is 2.31. The number of aromatic nitrogens is 2. The third kappa shape index (κ3) is 3.23. The highest BCUT2D eigenvalue weighted by Gasteiger charge is 2.40. The van der Waals surface area contributed by atoms with Crippen molar-refractivity contribution in [1.82, 2.24) is 9.78 Å². The number of aliphatic hydroxyl groups is 1. The van der Waals surface area contributed by atoms with Crippen LogP contribution in [0.4, 0.5) is 13.2 Å². The van der Waals surface area contributed by atoms with E-state index in [2.05, 4.69) is 5.10 Å². The molecule has 1 N–H and O–H groups in total. The van der Waals surface area contributed by atoms with Crippen LogP contribution < -0.4 is 0 Å². The number of alkyl halides is 3. The Balaban J connectivity index is 2.76. The molecule has 15 heavy (non-hydrogen) atoms. The zero-order valence-electron chi connectivity index (χ0n) is 8.49. The Morgan fingerprint density at radius 2 is 2.07 bits per heavy atom. The molecule has 0 amide bonds. The van der Waals surface area contributed by atoms with Gasteiger partial charge in [-0.25, -0.2) is 0 Å². The third-order valence-corrected chi connectivity index (χ3v) is 1.83. The highest BCUT2D eigenvalue weighted by atomic mass is 19.4. The first-order chi connectivity index (χ1) is 6.80. The van der Waals surface area contributed by atoms with Gasteiger partial charge < -0.3 is 5.11 Å². The maximum absolute atomic E-state index is 12.1. The molecule has 6 heteroatoms. The molecular formula is C9H13F3N2O. The third-order valence-electron chi connectivity index (χ3n) is 1.83. The van der Waals surface area contributed by atoms with Crippen LogP contribution >= 0.6 is 0 Å². The van der Waals surface area contributed by atoms with E-state index in [4.69, 9.17) is 5.11 Å². The number of hydrogen-bond donors (Lipinski definition) is 1. The molecule has 0 aliphatic rings. The second-order valence-corrected chi connectivity index (χ2v) is 3.83. The van der Waals surface area contributed by atoms with E-state index < -0.39 is 12.3 Å². The van der Waals surface area contributed by atoms with Gasteiger partial charge in [-0.15, -0.1) is 0 Å². The SMILES string of the molecule is CC(C)Cn1cc([C@H](O)C(F)(F)F)cn1. The molecule has 1 heterocycles. The van der Waals surface area contributed by atoms with Crippen molar-refractivity contribution < 1.29 is 18.3 Å². The summed E-state index contributed by atoms with van der Waals surface area (Å²) >= 11 is 0. The zero-order chi connectivity index (χ0) is 11.6. The van der Waals surface area contributed by atoms with Crippen molar-refractivity contribution in [2.75, 3.05) is 0 Å². The second-order valence-electron chi connectivity index (χ2n) is 3.83. The van der Waals surface area contributed by atoms with Gasteiger partial charge in [-0.1, -0.05) is 13.8 Å². The summed E-state index contributed by atoms with van der Waals surface area (Å²) < 4.78 is 37.8. The molecule has 3 nitrogen and oxygen atoms in total. The van der Waals surface area contributed by atoms with E-state index in [-0.39, 0.29) is 5.56 Å². The minimum Gasteiger partial charge on any atom is -0.379 e. The van der Waals surface area contributed by atoms with E-state index >= 15 is 0 Å². The Morgan fingerprint density at radius 1 is 1.47 bits per heavy atom. The van der Waals surface area contributed by atoms with Gasteiger partial charge >= 0.3 is 6.18 Å². The lowest BCUT2D eigenvalue weighted by Gasteiger charge is -2.12. The molecule has 0 unspecified atom stereocenters. The monoisotopic (exact) mass is 222 g/mol. The summed E-state index contributed by atoms with van der Waals surface area (Å²) in [5.41, 5.74) is -0.219. The van der Waals surface area contributed by atoms with Gasteiger partial charge in [0.05, 0.1) is 6.20 Å². The van der Waals surface area contributed by atoms with Gasteiger partial charge in [-0.2, -0.15) is 18.3 Å². The van der Waals surface area contributed by atoms with Crippen molar-refractivity contribution in [1.29, 1.82) is 0 Å². The molecule has 0 bridgehead atoms. The highest BCUT2D eigenvalue weighted by molar-refractivity contribution is 5.09. The lowest BCUT2D eigenvalue weighted by atomic mass is 10.2. The van der Waals surface area contributed by atoms with E-state index in [0.29, 0.717) is 12.5 Å². The molecule has 1 aromatic heterocycles. The smallest absolute Gasteiger partial charge is 0.379 e. The van der Waals surface area contributed by atoms with Crippen LogP contribution in [0.25, 0.3) is 0 Å². The summed E-state index contributed by atoms with van der Waals surface area (Å²) in [6.07, 6.45) is -4.82. The molecule has 0 aliphatic carbocycles. The molecule has 0 radical (unpaired) electrons. The normalized spacial score (nSPS) is 14.6. The first-order valence-electron chi connectivity index (χ1n) is 4.58. The van der Waals surface area contributed by atoms with Crippen molar-refractivity contribution in [3.05, 3.63) is 18.0 Å². The number of aliphatic hydroxyl groups excluding tert-OH is 1. The molecule has 0 saturated heterocycles. The second kappa shape index (κ2) is 4.22. The predicted octanol–water partition coefficient (Wildman–Crippen LogP) is 2.13. The van der Waals surface area contributed by atoms with Crippen molar-refractivity contribution in [3.63, 3.8) is 0 Å². The minimum absolute atomic E-state index is 0.219. The van der Waals surface area contributed by atoms with Crippen LogP contribution in [0.1, 0.15) is 25.5 Å². The summed E-state index contributed by atoms with van der Waals surface area (Å²) in [5, 5.41) is 12.7. The largest absolute Gasteiger partial charge is 0.418 e. The first-order valence-corrected chi connectivity index (χ1v) is 4.58. The molecule has 0 spiro atoms. The van der Waals surface area contributed by atoms with Crippen LogP contribution in [-0.4, -0.2) is 21.1 Å². The number of nitrogens with zero attached hydrogens (tertiary/aromatic N) is 2. The Hall–Kier alpha value is -1.04. The molecule has 0 fully saturated rings. The van der Waals surface area contributed by atoms with Gasteiger partial charge in [0.2, 0.25) is 0 Å². The quantitative estimate of drug-likeness (QED) is 0.850. The van der Waals surface area contributed by atoms with E-state index in [1.807, 2.05) is 13.8 Å². The van der Waals surface area contributed by atoms with Crippen molar-refractivity contribution in [2.45, 2.75) is 32.7 Å². The molecule has 86 valence electrons. The van der Waals surface area contributed by atoms with Crippen LogP contribution in [0, 0.1) is 5.92 Å². The Morgan fingerprint density at radius 3 is 2.53 bits per heavy atom. The Kier molecular flexibility index (Phi) is 3.38. The Bertz CT molecular complexity index is 319. The van der Waals surface area contributed by atoms with Crippen LogP contribution in [0.5, 0.6) is 0 Å². The van der Waals surface area contributed by atoms with Gasteiger partial charge in [0.15, 0.2) is 6.10 Å². The molecular weight excluding hydrogens is 209 g/mol. The van der Waals surface area contributed by atoms with E-state index in [1.165, 1.54) is 10.9 Å². The van der Waals surface area contributed by atoms with Gasteiger partial charge in [-0.05, 0) is 5.92 Å². The fourth-order valence-electron chi connectivity index (χ4n) is 1.18. The van der Waals surface area contributed by atoms with Gasteiger partial charge in [-0.3, -0.25) is 4.68 Å². The van der Waals surface area contributed by atoms with Gasteiger partial charge in [0, 0.05) is 18.3 Å². The van der Waals surface area contributed by atoms with E-state index in [1.54, 1.807) is 0 Å². The minimum atomic E-state index is -4.63. The molecule has 0 saturated carbocycles. The molecule has 1 rings (SSSR count). The molecule has 1 aromatic rings. The number of rotatable bonds is 3. The summed E-state index contributed by atoms with van der Waals surface area (Å²) in [5.74, 6) is 0.292. The molecule has 1 atom stereocenters. The molecule has 0 aromatic carbocycles. The summed E-state index contributed by atoms with van der Waals surface area (Å²) in [7, 11) is 0. The number of hydrogen-bond acceptors (Lipinski definition) is 2. The lowest BCUT2D eigenvalue weighted by molar-refractivity contribution is -0.206. The molecule has 0 aliphatic heterocycles. The fraction of sp³-hybridized carbons (Fsp3) is 0.667. The summed E-state index contributed by atoms with van der Waals surface area (Å²) in [4.78, 5) is 0. The van der Waals surface area contributed by atoms with Gasteiger partial charge in [0.25, 0.3) is 0 Å². The van der Waals surface area contributed by atoms with Crippen molar-refractivity contribution >= 4 is 0 Å². The van der Waals surface area contributed by atoms with Crippen molar-refractivity contribution in [2.24, 2.45) is 5.92 Å². The zero-order valence-corrected chi connectivity index (χ0v) is 8.49.